The van der Waals surface area contributed by atoms with Crippen molar-refractivity contribution in [3.63, 3.8) is 0 Å². The van der Waals surface area contributed by atoms with E-state index in [2.05, 4.69) is 41.0 Å². The van der Waals surface area contributed by atoms with E-state index in [4.69, 9.17) is 0 Å². The third-order valence-corrected chi connectivity index (χ3v) is 2.99. The highest BCUT2D eigenvalue weighted by atomic mass is 15.1. The van der Waals surface area contributed by atoms with E-state index in [0.29, 0.717) is 0 Å². The van der Waals surface area contributed by atoms with Gasteiger partial charge in [-0.2, -0.15) is 0 Å². The second-order valence-corrected chi connectivity index (χ2v) is 4.43. The van der Waals surface area contributed by atoms with E-state index < -0.39 is 0 Å². The first-order valence-corrected chi connectivity index (χ1v) is 6.10. The minimum atomic E-state index is 0.811. The number of rotatable bonds is 4. The van der Waals surface area contributed by atoms with Crippen LogP contribution in [-0.2, 0) is 19.9 Å². The van der Waals surface area contributed by atoms with Crippen molar-refractivity contribution in [1.82, 2.24) is 14.5 Å². The van der Waals surface area contributed by atoms with Crippen LogP contribution in [0.3, 0.4) is 0 Å². The molecule has 2 aromatic rings. The number of allylic oxidation sites excluding steroid dienone is 1. The summed E-state index contributed by atoms with van der Waals surface area (Å²) < 4.78 is 2.11. The zero-order valence-electron chi connectivity index (χ0n) is 10.8. The molecular formula is C14H19N3. The molecule has 0 aliphatic rings. The molecule has 0 radical (unpaired) electrons. The minimum absolute atomic E-state index is 0.811. The highest BCUT2D eigenvalue weighted by Gasteiger charge is 2.11. The molecule has 0 aromatic carbocycles. The Labute approximate surface area is 102 Å². The van der Waals surface area contributed by atoms with E-state index in [9.17, 15) is 0 Å². The predicted molar refractivity (Wildman–Crippen MR) is 71.1 cm³/mol. The molecular weight excluding hydrogens is 210 g/mol. The molecule has 0 aliphatic carbocycles. The molecule has 0 amide bonds. The average Bonchev–Trinajstić information content (AvgIpc) is 2.59. The van der Waals surface area contributed by atoms with Crippen molar-refractivity contribution in [1.29, 1.82) is 0 Å². The number of imidazole rings is 1. The Hall–Kier alpha value is -1.64. The molecule has 0 bridgehead atoms. The van der Waals surface area contributed by atoms with Gasteiger partial charge in [-0.15, -0.1) is 6.58 Å². The molecule has 2 heterocycles. The maximum atomic E-state index is 4.68. The topological polar surface area (TPSA) is 30.7 Å². The highest BCUT2D eigenvalue weighted by Crippen LogP contribution is 2.19. The Morgan fingerprint density at radius 3 is 2.82 bits per heavy atom. The maximum Gasteiger partial charge on any atom is 0.160 e. The first kappa shape index (κ1) is 11.8. The quantitative estimate of drug-likeness (QED) is 0.755. The van der Waals surface area contributed by atoms with Crippen molar-refractivity contribution >= 4 is 11.2 Å². The summed E-state index contributed by atoms with van der Waals surface area (Å²) in [6.07, 6.45) is 4.81. The smallest absolute Gasteiger partial charge is 0.160 e. The van der Waals surface area contributed by atoms with Gasteiger partial charge in [0.05, 0.1) is 0 Å². The Morgan fingerprint density at radius 1 is 1.41 bits per heavy atom. The standard InChI is InChI=1S/C14H19N3/c1-5-7-11-9-10(3)13-14(15-11)17(4)12(16-13)8-6-2/h5,9H,1,6-8H2,2-4H3. The van der Waals surface area contributed by atoms with Crippen molar-refractivity contribution in [2.24, 2.45) is 7.05 Å². The summed E-state index contributed by atoms with van der Waals surface area (Å²) in [7, 11) is 2.05. The summed E-state index contributed by atoms with van der Waals surface area (Å²) in [6, 6.07) is 2.10. The molecule has 0 fully saturated rings. The van der Waals surface area contributed by atoms with Gasteiger partial charge in [0, 0.05) is 25.6 Å². The maximum absolute atomic E-state index is 4.68. The van der Waals surface area contributed by atoms with Crippen LogP contribution in [0.4, 0.5) is 0 Å². The molecule has 0 spiro atoms. The van der Waals surface area contributed by atoms with Crippen LogP contribution >= 0.6 is 0 Å². The summed E-state index contributed by atoms with van der Waals surface area (Å²) in [4.78, 5) is 9.33. The van der Waals surface area contributed by atoms with Gasteiger partial charge in [-0.1, -0.05) is 13.0 Å². The van der Waals surface area contributed by atoms with Crippen molar-refractivity contribution < 1.29 is 0 Å². The molecule has 3 heteroatoms. The van der Waals surface area contributed by atoms with Gasteiger partial charge in [0.15, 0.2) is 5.65 Å². The molecule has 17 heavy (non-hydrogen) atoms. The number of aryl methyl sites for hydroxylation is 3. The summed E-state index contributed by atoms with van der Waals surface area (Å²) in [5.41, 5.74) is 4.29. The van der Waals surface area contributed by atoms with Gasteiger partial charge >= 0.3 is 0 Å². The Bertz CT molecular complexity index is 552. The third-order valence-electron chi connectivity index (χ3n) is 2.99. The number of fused-ring (bicyclic) bond motifs is 1. The second kappa shape index (κ2) is 4.70. The first-order valence-electron chi connectivity index (χ1n) is 6.10. The lowest BCUT2D eigenvalue weighted by Gasteiger charge is -2.02. The fraction of sp³-hybridized carbons (Fsp3) is 0.429. The summed E-state index contributed by atoms with van der Waals surface area (Å²) in [6.45, 7) is 8.03. The lowest BCUT2D eigenvalue weighted by Crippen LogP contribution is -1.99. The van der Waals surface area contributed by atoms with Crippen molar-refractivity contribution in [3.05, 3.63) is 35.8 Å². The van der Waals surface area contributed by atoms with E-state index in [1.165, 1.54) is 5.56 Å². The molecule has 0 unspecified atom stereocenters. The molecule has 0 saturated carbocycles. The molecule has 0 atom stereocenters. The number of aromatic nitrogens is 3. The van der Waals surface area contributed by atoms with Gasteiger partial charge in [0.2, 0.25) is 0 Å². The van der Waals surface area contributed by atoms with Crippen molar-refractivity contribution in [2.75, 3.05) is 0 Å². The Balaban J connectivity index is 2.61. The lowest BCUT2D eigenvalue weighted by molar-refractivity contribution is 0.767. The predicted octanol–water partition coefficient (Wildman–Crippen LogP) is 2.96. The van der Waals surface area contributed by atoms with Crippen molar-refractivity contribution in [3.8, 4) is 0 Å². The average molecular weight is 229 g/mol. The van der Waals surface area contributed by atoms with Crippen molar-refractivity contribution in [2.45, 2.75) is 33.1 Å². The van der Waals surface area contributed by atoms with Gasteiger partial charge in [0.25, 0.3) is 0 Å². The fourth-order valence-corrected chi connectivity index (χ4v) is 2.11. The zero-order chi connectivity index (χ0) is 12.4. The minimum Gasteiger partial charge on any atom is -0.316 e. The molecule has 3 nitrogen and oxygen atoms in total. The molecule has 90 valence electrons. The van der Waals surface area contributed by atoms with E-state index in [1.54, 1.807) is 0 Å². The molecule has 0 aliphatic heterocycles. The van der Waals surface area contributed by atoms with Crippen LogP contribution in [0, 0.1) is 6.92 Å². The summed E-state index contributed by atoms with van der Waals surface area (Å²) in [5.74, 6) is 1.12. The lowest BCUT2D eigenvalue weighted by atomic mass is 10.2. The van der Waals surface area contributed by atoms with E-state index >= 15 is 0 Å². The third kappa shape index (κ3) is 2.09. The summed E-state index contributed by atoms with van der Waals surface area (Å²) >= 11 is 0. The number of hydrogen-bond acceptors (Lipinski definition) is 2. The van der Waals surface area contributed by atoms with Crippen LogP contribution in [0.25, 0.3) is 11.2 Å². The van der Waals surface area contributed by atoms with Gasteiger partial charge in [-0.25, -0.2) is 9.97 Å². The van der Waals surface area contributed by atoms with Crippen LogP contribution in [-0.4, -0.2) is 14.5 Å². The van der Waals surface area contributed by atoms with E-state index in [0.717, 1.165) is 41.9 Å². The van der Waals surface area contributed by atoms with Crippen LogP contribution in [0.5, 0.6) is 0 Å². The summed E-state index contributed by atoms with van der Waals surface area (Å²) in [5, 5.41) is 0. The number of nitrogens with zero attached hydrogens (tertiary/aromatic N) is 3. The normalized spacial score (nSPS) is 11.0. The molecule has 0 N–H and O–H groups in total. The van der Waals surface area contributed by atoms with Gasteiger partial charge in [0.1, 0.15) is 11.3 Å². The van der Waals surface area contributed by atoms with Gasteiger partial charge < -0.3 is 4.57 Å². The van der Waals surface area contributed by atoms with E-state index in [1.807, 2.05) is 13.1 Å². The number of hydrogen-bond donors (Lipinski definition) is 0. The fourth-order valence-electron chi connectivity index (χ4n) is 2.11. The largest absolute Gasteiger partial charge is 0.316 e. The highest BCUT2D eigenvalue weighted by molar-refractivity contribution is 5.75. The monoisotopic (exact) mass is 229 g/mol. The molecule has 2 aromatic heterocycles. The Kier molecular flexibility index (Phi) is 3.27. The van der Waals surface area contributed by atoms with Gasteiger partial charge in [-0.3, -0.25) is 0 Å². The van der Waals surface area contributed by atoms with Crippen LogP contribution in [0.1, 0.15) is 30.4 Å². The SMILES string of the molecule is C=CCc1cc(C)c2nc(CCC)n(C)c2n1. The van der Waals surface area contributed by atoms with Gasteiger partial charge in [-0.05, 0) is 25.0 Å². The first-order chi connectivity index (χ1) is 8.17. The molecule has 2 rings (SSSR count). The molecule has 0 saturated heterocycles. The van der Waals surface area contributed by atoms with E-state index in [-0.39, 0.29) is 0 Å². The van der Waals surface area contributed by atoms with Crippen LogP contribution < -0.4 is 0 Å². The number of pyridine rings is 1. The van der Waals surface area contributed by atoms with Crippen LogP contribution in [0.15, 0.2) is 18.7 Å². The Morgan fingerprint density at radius 2 is 2.18 bits per heavy atom. The second-order valence-electron chi connectivity index (χ2n) is 4.43. The zero-order valence-corrected chi connectivity index (χ0v) is 10.8. The van der Waals surface area contributed by atoms with Crippen LogP contribution in [0.2, 0.25) is 0 Å².